The molecule has 0 unspecified atom stereocenters. The minimum atomic E-state index is 0.706. The van der Waals surface area contributed by atoms with Gasteiger partial charge in [0.05, 0.1) is 0 Å². The van der Waals surface area contributed by atoms with E-state index >= 15 is 0 Å². The van der Waals surface area contributed by atoms with Gasteiger partial charge in [-0.3, -0.25) is 0 Å². The lowest BCUT2D eigenvalue weighted by Crippen LogP contribution is -1.77. The van der Waals surface area contributed by atoms with Crippen LogP contribution in [0.25, 0.3) is 32.7 Å². The van der Waals surface area contributed by atoms with Crippen LogP contribution in [0.15, 0.2) is 65.1 Å². The summed E-state index contributed by atoms with van der Waals surface area (Å²) >= 11 is 7.44. The zero-order valence-electron chi connectivity index (χ0n) is 12.9. The third-order valence-electron chi connectivity index (χ3n) is 3.67. The second-order valence-corrected chi connectivity index (χ2v) is 6.86. The maximum atomic E-state index is 5.93. The van der Waals surface area contributed by atoms with Crippen LogP contribution in [0.5, 0.6) is 0 Å². The fourth-order valence-electron chi connectivity index (χ4n) is 2.36. The summed E-state index contributed by atoms with van der Waals surface area (Å²) < 4.78 is 5.93. The standard InChI is InChI=1S/C19H13ClN2OS/c1-12-2-4-14(5-3-12)18-21-22-19(24-18)17-11-10-16(23-17)13-6-8-15(20)9-7-13/h2-11H,1H3. The van der Waals surface area contributed by atoms with Crippen molar-refractivity contribution < 1.29 is 4.42 Å². The van der Waals surface area contributed by atoms with Gasteiger partial charge in [0.15, 0.2) is 10.8 Å². The molecule has 4 aromatic rings. The maximum Gasteiger partial charge on any atom is 0.183 e. The molecule has 0 radical (unpaired) electrons. The third-order valence-corrected chi connectivity index (χ3v) is 4.91. The van der Waals surface area contributed by atoms with Gasteiger partial charge in [0.1, 0.15) is 10.8 Å². The molecule has 0 atom stereocenters. The van der Waals surface area contributed by atoms with Crippen molar-refractivity contribution in [3.05, 3.63) is 71.2 Å². The third kappa shape index (κ3) is 2.98. The molecule has 2 aromatic carbocycles. The molecule has 0 saturated heterocycles. The monoisotopic (exact) mass is 352 g/mol. The summed E-state index contributed by atoms with van der Waals surface area (Å²) in [6.45, 7) is 2.07. The van der Waals surface area contributed by atoms with Crippen molar-refractivity contribution in [1.29, 1.82) is 0 Å². The lowest BCUT2D eigenvalue weighted by Gasteiger charge is -1.96. The first-order valence-corrected chi connectivity index (χ1v) is 8.65. The van der Waals surface area contributed by atoms with Gasteiger partial charge >= 0.3 is 0 Å². The van der Waals surface area contributed by atoms with Gasteiger partial charge in [-0.1, -0.05) is 52.8 Å². The summed E-state index contributed by atoms with van der Waals surface area (Å²) in [5.74, 6) is 1.50. The average molecular weight is 353 g/mol. The van der Waals surface area contributed by atoms with Crippen molar-refractivity contribution in [3.63, 3.8) is 0 Å². The fourth-order valence-corrected chi connectivity index (χ4v) is 3.29. The van der Waals surface area contributed by atoms with Gasteiger partial charge in [0.25, 0.3) is 0 Å². The predicted molar refractivity (Wildman–Crippen MR) is 98.2 cm³/mol. The smallest absolute Gasteiger partial charge is 0.183 e. The Bertz CT molecular complexity index is 890. The second kappa shape index (κ2) is 6.23. The molecule has 3 nitrogen and oxygen atoms in total. The van der Waals surface area contributed by atoms with E-state index in [9.17, 15) is 0 Å². The summed E-state index contributed by atoms with van der Waals surface area (Å²) in [5, 5.41) is 10.9. The number of halogens is 1. The molecule has 0 aliphatic heterocycles. The van der Waals surface area contributed by atoms with Crippen LogP contribution >= 0.6 is 22.9 Å². The van der Waals surface area contributed by atoms with Crippen LogP contribution in [0.3, 0.4) is 0 Å². The van der Waals surface area contributed by atoms with Crippen molar-refractivity contribution in [3.8, 4) is 32.7 Å². The molecular weight excluding hydrogens is 340 g/mol. The summed E-state index contributed by atoms with van der Waals surface area (Å²) in [6, 6.07) is 19.7. The van der Waals surface area contributed by atoms with E-state index in [1.807, 2.05) is 36.4 Å². The first-order chi connectivity index (χ1) is 11.7. The Labute approximate surface area is 148 Å². The molecule has 0 aliphatic rings. The van der Waals surface area contributed by atoms with Gasteiger partial charge in [0.2, 0.25) is 0 Å². The molecule has 0 bridgehead atoms. The van der Waals surface area contributed by atoms with Crippen molar-refractivity contribution in [1.82, 2.24) is 10.2 Å². The van der Waals surface area contributed by atoms with Crippen molar-refractivity contribution in [2.45, 2.75) is 6.92 Å². The van der Waals surface area contributed by atoms with E-state index < -0.39 is 0 Å². The van der Waals surface area contributed by atoms with E-state index in [4.69, 9.17) is 16.0 Å². The highest BCUT2D eigenvalue weighted by Crippen LogP contribution is 2.33. The minimum Gasteiger partial charge on any atom is -0.454 e. The largest absolute Gasteiger partial charge is 0.454 e. The number of aromatic nitrogens is 2. The van der Waals surface area contributed by atoms with E-state index in [-0.39, 0.29) is 0 Å². The quantitative estimate of drug-likeness (QED) is 0.447. The van der Waals surface area contributed by atoms with Crippen LogP contribution in [0.2, 0.25) is 5.02 Å². The molecule has 0 spiro atoms. The SMILES string of the molecule is Cc1ccc(-c2nnc(-c3ccc(-c4ccc(Cl)cc4)o3)s2)cc1. The van der Waals surface area contributed by atoms with Crippen LogP contribution < -0.4 is 0 Å². The number of hydrogen-bond donors (Lipinski definition) is 0. The van der Waals surface area contributed by atoms with Crippen LogP contribution in [-0.2, 0) is 0 Å². The molecule has 4 rings (SSSR count). The second-order valence-electron chi connectivity index (χ2n) is 5.45. The highest BCUT2D eigenvalue weighted by atomic mass is 35.5. The number of nitrogens with zero attached hydrogens (tertiary/aromatic N) is 2. The van der Waals surface area contributed by atoms with Gasteiger partial charge in [-0.25, -0.2) is 0 Å². The van der Waals surface area contributed by atoms with Crippen molar-refractivity contribution in [2.24, 2.45) is 0 Å². The highest BCUT2D eigenvalue weighted by Gasteiger charge is 2.13. The van der Waals surface area contributed by atoms with E-state index in [0.717, 1.165) is 32.7 Å². The topological polar surface area (TPSA) is 38.9 Å². The van der Waals surface area contributed by atoms with Gasteiger partial charge in [-0.2, -0.15) is 0 Å². The lowest BCUT2D eigenvalue weighted by molar-refractivity contribution is 0.596. The lowest BCUT2D eigenvalue weighted by atomic mass is 10.2. The van der Waals surface area contributed by atoms with Crippen LogP contribution in [-0.4, -0.2) is 10.2 Å². The fraction of sp³-hybridized carbons (Fsp3) is 0.0526. The van der Waals surface area contributed by atoms with E-state index in [0.29, 0.717) is 5.02 Å². The molecule has 0 aliphatic carbocycles. The van der Waals surface area contributed by atoms with E-state index in [1.165, 1.54) is 16.9 Å². The van der Waals surface area contributed by atoms with Gasteiger partial charge in [0, 0.05) is 16.1 Å². The first-order valence-electron chi connectivity index (χ1n) is 7.46. The Morgan fingerprint density at radius 3 is 2.12 bits per heavy atom. The molecular formula is C19H13ClN2OS. The Morgan fingerprint density at radius 1 is 0.750 bits per heavy atom. The molecule has 2 heterocycles. The number of aryl methyl sites for hydroxylation is 1. The van der Waals surface area contributed by atoms with Gasteiger partial charge < -0.3 is 4.42 Å². The normalized spacial score (nSPS) is 10.9. The molecule has 118 valence electrons. The van der Waals surface area contributed by atoms with Crippen LogP contribution in [0.4, 0.5) is 0 Å². The Kier molecular flexibility index (Phi) is 3.92. The summed E-state index contributed by atoms with van der Waals surface area (Å²) in [7, 11) is 0. The number of furan rings is 1. The predicted octanol–water partition coefficient (Wildman–Crippen LogP) is 6.09. The van der Waals surface area contributed by atoms with Crippen molar-refractivity contribution in [2.75, 3.05) is 0 Å². The maximum absolute atomic E-state index is 5.93. The number of hydrogen-bond acceptors (Lipinski definition) is 4. The highest BCUT2D eigenvalue weighted by molar-refractivity contribution is 7.17. The van der Waals surface area contributed by atoms with E-state index in [1.54, 1.807) is 0 Å². The van der Waals surface area contributed by atoms with Gasteiger partial charge in [-0.05, 0) is 43.3 Å². The summed E-state index contributed by atoms with van der Waals surface area (Å²) in [5.41, 5.74) is 3.27. The zero-order valence-corrected chi connectivity index (χ0v) is 14.4. The number of rotatable bonds is 3. The van der Waals surface area contributed by atoms with Crippen LogP contribution in [0.1, 0.15) is 5.56 Å². The first kappa shape index (κ1) is 15.1. The molecule has 2 aromatic heterocycles. The zero-order chi connectivity index (χ0) is 16.5. The minimum absolute atomic E-state index is 0.706. The molecule has 0 saturated carbocycles. The average Bonchev–Trinajstić information content (AvgIpc) is 3.25. The summed E-state index contributed by atoms with van der Waals surface area (Å²) in [6.07, 6.45) is 0. The van der Waals surface area contributed by atoms with Crippen LogP contribution in [0, 0.1) is 6.92 Å². The molecule has 0 N–H and O–H groups in total. The van der Waals surface area contributed by atoms with Crippen molar-refractivity contribution >= 4 is 22.9 Å². The summed E-state index contributed by atoms with van der Waals surface area (Å²) in [4.78, 5) is 0. The molecule has 24 heavy (non-hydrogen) atoms. The molecule has 0 amide bonds. The molecule has 5 heteroatoms. The Hall–Kier alpha value is -2.43. The Balaban J connectivity index is 1.63. The Morgan fingerprint density at radius 2 is 1.38 bits per heavy atom. The van der Waals surface area contributed by atoms with Gasteiger partial charge in [-0.15, -0.1) is 10.2 Å². The molecule has 0 fully saturated rings. The number of benzene rings is 2. The van der Waals surface area contributed by atoms with E-state index in [2.05, 4.69) is 41.4 Å².